The molecule has 1 aliphatic heterocycles. The molecule has 96 valence electrons. The Labute approximate surface area is 116 Å². The van der Waals surface area contributed by atoms with E-state index in [1.165, 1.54) is 27.2 Å². The molecule has 1 saturated heterocycles. The number of likely N-dealkylation sites (tertiary alicyclic amines) is 1. The van der Waals surface area contributed by atoms with Crippen LogP contribution >= 0.6 is 27.3 Å². The molecule has 0 radical (unpaired) electrons. The lowest BCUT2D eigenvalue weighted by Crippen LogP contribution is -2.48. The minimum atomic E-state index is 0.274. The van der Waals surface area contributed by atoms with Gasteiger partial charge < -0.3 is 5.73 Å². The summed E-state index contributed by atoms with van der Waals surface area (Å²) in [5, 5.41) is 0. The molecule has 0 amide bonds. The van der Waals surface area contributed by atoms with Gasteiger partial charge in [-0.05, 0) is 62.2 Å². The number of thiophene rings is 1. The summed E-state index contributed by atoms with van der Waals surface area (Å²) in [6, 6.07) is 3.49. The van der Waals surface area contributed by atoms with E-state index in [-0.39, 0.29) is 6.04 Å². The SMILES string of the molecule is Cc1sc(C2C(N)CCCN2C(C)C)cc1Br. The molecule has 2 unspecified atom stereocenters. The summed E-state index contributed by atoms with van der Waals surface area (Å²) in [6.07, 6.45) is 2.36. The number of halogens is 1. The molecule has 1 aromatic rings. The van der Waals surface area contributed by atoms with Crippen LogP contribution in [0.3, 0.4) is 0 Å². The zero-order valence-electron chi connectivity index (χ0n) is 10.7. The fourth-order valence-electron chi connectivity index (χ4n) is 2.63. The van der Waals surface area contributed by atoms with Crippen LogP contribution in [0.2, 0.25) is 0 Å². The molecule has 0 saturated carbocycles. The van der Waals surface area contributed by atoms with Gasteiger partial charge in [-0.2, -0.15) is 0 Å². The molecule has 0 aliphatic carbocycles. The highest BCUT2D eigenvalue weighted by atomic mass is 79.9. The summed E-state index contributed by atoms with van der Waals surface area (Å²) < 4.78 is 1.22. The van der Waals surface area contributed by atoms with Crippen LogP contribution in [-0.2, 0) is 0 Å². The van der Waals surface area contributed by atoms with E-state index in [4.69, 9.17) is 5.73 Å². The molecular formula is C13H21BrN2S. The summed E-state index contributed by atoms with van der Waals surface area (Å²) in [5.41, 5.74) is 6.35. The molecule has 2 rings (SSSR count). The fourth-order valence-corrected chi connectivity index (χ4v) is 4.39. The summed E-state index contributed by atoms with van der Waals surface area (Å²) in [4.78, 5) is 5.31. The smallest absolute Gasteiger partial charge is 0.0596 e. The van der Waals surface area contributed by atoms with Crippen molar-refractivity contribution in [3.63, 3.8) is 0 Å². The van der Waals surface area contributed by atoms with Gasteiger partial charge in [0.1, 0.15) is 0 Å². The van der Waals surface area contributed by atoms with E-state index in [0.717, 1.165) is 6.42 Å². The highest BCUT2D eigenvalue weighted by Crippen LogP contribution is 2.38. The third-order valence-corrected chi connectivity index (χ3v) is 5.75. The van der Waals surface area contributed by atoms with Crippen LogP contribution in [0.5, 0.6) is 0 Å². The average Bonchev–Trinajstić information content (AvgIpc) is 2.58. The number of piperidine rings is 1. The molecule has 1 aliphatic rings. The van der Waals surface area contributed by atoms with Gasteiger partial charge in [-0.25, -0.2) is 0 Å². The Balaban J connectivity index is 2.31. The topological polar surface area (TPSA) is 29.3 Å². The highest BCUT2D eigenvalue weighted by Gasteiger charge is 2.33. The predicted molar refractivity (Wildman–Crippen MR) is 78.5 cm³/mol. The van der Waals surface area contributed by atoms with E-state index in [2.05, 4.69) is 47.7 Å². The van der Waals surface area contributed by atoms with Gasteiger partial charge in [-0.15, -0.1) is 11.3 Å². The monoisotopic (exact) mass is 316 g/mol. The van der Waals surface area contributed by atoms with Crippen molar-refractivity contribution in [2.75, 3.05) is 6.54 Å². The Kier molecular flexibility index (Phi) is 4.29. The number of nitrogens with zero attached hydrogens (tertiary/aromatic N) is 1. The molecule has 1 aromatic heterocycles. The van der Waals surface area contributed by atoms with E-state index in [1.807, 2.05) is 11.3 Å². The first-order chi connectivity index (χ1) is 8.00. The quantitative estimate of drug-likeness (QED) is 0.901. The van der Waals surface area contributed by atoms with Crippen molar-refractivity contribution in [3.05, 3.63) is 20.3 Å². The van der Waals surface area contributed by atoms with E-state index in [9.17, 15) is 0 Å². The van der Waals surface area contributed by atoms with Crippen molar-refractivity contribution < 1.29 is 0 Å². The van der Waals surface area contributed by atoms with Crippen LogP contribution in [0.1, 0.15) is 42.5 Å². The maximum absolute atomic E-state index is 6.35. The Bertz CT molecular complexity index is 369. The lowest BCUT2D eigenvalue weighted by molar-refractivity contribution is 0.0969. The van der Waals surface area contributed by atoms with Gasteiger partial charge in [0.05, 0.1) is 6.04 Å². The molecule has 0 bridgehead atoms. The van der Waals surface area contributed by atoms with Gasteiger partial charge in [-0.1, -0.05) is 0 Å². The zero-order chi connectivity index (χ0) is 12.6. The minimum Gasteiger partial charge on any atom is -0.326 e. The molecule has 0 aromatic carbocycles. The number of hydrogen-bond acceptors (Lipinski definition) is 3. The van der Waals surface area contributed by atoms with Crippen LogP contribution in [0.4, 0.5) is 0 Å². The summed E-state index contributed by atoms with van der Waals surface area (Å²) >= 11 is 5.49. The van der Waals surface area contributed by atoms with Crippen LogP contribution in [-0.4, -0.2) is 23.5 Å². The second-order valence-corrected chi connectivity index (χ2v) is 7.28. The number of hydrogen-bond donors (Lipinski definition) is 1. The standard InChI is InChI=1S/C13H21BrN2S/c1-8(2)16-6-4-5-11(15)13(16)12-7-10(14)9(3)17-12/h7-8,11,13H,4-6,15H2,1-3H3. The zero-order valence-corrected chi connectivity index (χ0v) is 13.1. The van der Waals surface area contributed by atoms with Gasteiger partial charge in [-0.3, -0.25) is 4.90 Å². The first kappa shape index (κ1) is 13.5. The van der Waals surface area contributed by atoms with Crippen LogP contribution in [0.15, 0.2) is 10.5 Å². The lowest BCUT2D eigenvalue weighted by atomic mass is 9.94. The Morgan fingerprint density at radius 1 is 1.53 bits per heavy atom. The average molecular weight is 317 g/mol. The third-order valence-electron chi connectivity index (χ3n) is 3.55. The largest absolute Gasteiger partial charge is 0.326 e. The molecule has 1 fully saturated rings. The summed E-state index contributed by atoms with van der Waals surface area (Å²) in [7, 11) is 0. The lowest BCUT2D eigenvalue weighted by Gasteiger charge is -2.41. The highest BCUT2D eigenvalue weighted by molar-refractivity contribution is 9.10. The predicted octanol–water partition coefficient (Wildman–Crippen LogP) is 3.69. The van der Waals surface area contributed by atoms with Crippen molar-refractivity contribution in [3.8, 4) is 0 Å². The molecule has 2 heterocycles. The van der Waals surface area contributed by atoms with Crippen molar-refractivity contribution in [1.29, 1.82) is 0 Å². The number of nitrogens with two attached hydrogens (primary N) is 1. The van der Waals surface area contributed by atoms with Crippen molar-refractivity contribution in [2.45, 2.75) is 51.7 Å². The maximum Gasteiger partial charge on any atom is 0.0596 e. The van der Waals surface area contributed by atoms with E-state index >= 15 is 0 Å². The molecular weight excluding hydrogens is 296 g/mol. The normalized spacial score (nSPS) is 26.7. The second-order valence-electron chi connectivity index (χ2n) is 5.14. The summed E-state index contributed by atoms with van der Waals surface area (Å²) in [6.45, 7) is 7.86. The van der Waals surface area contributed by atoms with Gasteiger partial charge in [0, 0.05) is 26.3 Å². The Morgan fingerprint density at radius 2 is 2.24 bits per heavy atom. The number of rotatable bonds is 2. The van der Waals surface area contributed by atoms with Gasteiger partial charge in [0.2, 0.25) is 0 Å². The Hall–Kier alpha value is 0.100. The third kappa shape index (κ3) is 2.75. The minimum absolute atomic E-state index is 0.274. The van der Waals surface area contributed by atoms with Crippen molar-refractivity contribution >= 4 is 27.3 Å². The van der Waals surface area contributed by atoms with Crippen LogP contribution in [0, 0.1) is 6.92 Å². The van der Waals surface area contributed by atoms with Crippen molar-refractivity contribution in [2.24, 2.45) is 5.73 Å². The van der Waals surface area contributed by atoms with Gasteiger partial charge >= 0.3 is 0 Å². The number of aryl methyl sites for hydroxylation is 1. The molecule has 17 heavy (non-hydrogen) atoms. The first-order valence-corrected chi connectivity index (χ1v) is 7.88. The summed E-state index contributed by atoms with van der Waals surface area (Å²) in [5.74, 6) is 0. The van der Waals surface area contributed by atoms with Gasteiger partial charge in [0.15, 0.2) is 0 Å². The van der Waals surface area contributed by atoms with Crippen LogP contribution in [0.25, 0.3) is 0 Å². The first-order valence-electron chi connectivity index (χ1n) is 6.28. The van der Waals surface area contributed by atoms with E-state index in [0.29, 0.717) is 12.1 Å². The van der Waals surface area contributed by atoms with Crippen molar-refractivity contribution in [1.82, 2.24) is 4.90 Å². The molecule has 2 N–H and O–H groups in total. The van der Waals surface area contributed by atoms with E-state index < -0.39 is 0 Å². The molecule has 2 atom stereocenters. The molecule has 0 spiro atoms. The second kappa shape index (κ2) is 5.39. The molecule has 4 heteroatoms. The van der Waals surface area contributed by atoms with Gasteiger partial charge in [0.25, 0.3) is 0 Å². The Morgan fingerprint density at radius 3 is 2.76 bits per heavy atom. The van der Waals surface area contributed by atoms with E-state index in [1.54, 1.807) is 0 Å². The molecule has 2 nitrogen and oxygen atoms in total. The maximum atomic E-state index is 6.35. The van der Waals surface area contributed by atoms with Crippen LogP contribution < -0.4 is 5.73 Å². The fraction of sp³-hybridized carbons (Fsp3) is 0.692.